The number of hydrogen-bond acceptors (Lipinski definition) is 1. The molecule has 1 N–H and O–H groups in total. The fraction of sp³-hybridized carbons (Fsp3) is 0.286. The average Bonchev–Trinajstić information content (AvgIpc) is 1.63. The number of hydrogen-bond donors (Lipinski definition) is 1. The molecule has 0 bridgehead atoms. The molecular formula is C7H12N2. The maximum absolute atomic E-state index is 3.87. The molecule has 0 saturated heterocycles. The van der Waals surface area contributed by atoms with Gasteiger partial charge < -0.3 is 5.32 Å². The molecule has 2 heteroatoms. The van der Waals surface area contributed by atoms with Gasteiger partial charge in [-0.05, 0) is 13.8 Å². The Morgan fingerprint density at radius 2 is 2.11 bits per heavy atom. The summed E-state index contributed by atoms with van der Waals surface area (Å²) in [7, 11) is 0. The molecule has 0 atom stereocenters. The number of nitrogens with one attached hydrogen (secondary N) is 1. The number of aliphatic imine (C=N–C) groups is 1. The minimum Gasteiger partial charge on any atom is -0.348 e. The molecule has 2 nitrogen and oxygen atoms in total. The summed E-state index contributed by atoms with van der Waals surface area (Å²) >= 11 is 0. The van der Waals surface area contributed by atoms with E-state index in [-0.39, 0.29) is 0 Å². The predicted molar refractivity (Wildman–Crippen MR) is 41.3 cm³/mol. The minimum atomic E-state index is 0.817. The summed E-state index contributed by atoms with van der Waals surface area (Å²) in [4.78, 5) is 3.87. The summed E-state index contributed by atoms with van der Waals surface area (Å²) in [6.45, 7) is 10.8. The van der Waals surface area contributed by atoms with Crippen LogP contribution in [0.3, 0.4) is 0 Å². The van der Waals surface area contributed by atoms with E-state index in [1.54, 1.807) is 0 Å². The second kappa shape index (κ2) is 3.89. The minimum absolute atomic E-state index is 0.817. The van der Waals surface area contributed by atoms with Gasteiger partial charge in [-0.1, -0.05) is 13.2 Å². The summed E-state index contributed by atoms with van der Waals surface area (Å²) < 4.78 is 0. The smallest absolute Gasteiger partial charge is 0.102 e. The number of nitrogens with zero attached hydrogens (tertiary/aromatic N) is 1. The van der Waals surface area contributed by atoms with Gasteiger partial charge in [-0.3, -0.25) is 0 Å². The van der Waals surface area contributed by atoms with Crippen molar-refractivity contribution >= 4 is 5.84 Å². The molecule has 0 fully saturated rings. The molecule has 0 radical (unpaired) electrons. The normalized spacial score (nSPS) is 10.7. The molecule has 0 aromatic carbocycles. The molecule has 0 aliphatic rings. The topological polar surface area (TPSA) is 24.4 Å². The molecule has 0 rings (SSSR count). The fourth-order valence-electron chi connectivity index (χ4n) is 0.478. The van der Waals surface area contributed by atoms with Crippen LogP contribution in [0.2, 0.25) is 0 Å². The van der Waals surface area contributed by atoms with E-state index in [0.29, 0.717) is 0 Å². The van der Waals surface area contributed by atoms with Crippen LogP contribution in [0.25, 0.3) is 0 Å². The van der Waals surface area contributed by atoms with Crippen LogP contribution in [0.1, 0.15) is 13.8 Å². The quantitative estimate of drug-likeness (QED) is 0.439. The van der Waals surface area contributed by atoms with Gasteiger partial charge in [-0.2, -0.15) is 0 Å². The first-order valence-electron chi connectivity index (χ1n) is 2.74. The Labute approximate surface area is 56.0 Å². The van der Waals surface area contributed by atoms with Crippen LogP contribution in [-0.2, 0) is 0 Å². The zero-order chi connectivity index (χ0) is 7.28. The van der Waals surface area contributed by atoms with Gasteiger partial charge in [0.05, 0.1) is 0 Å². The highest BCUT2D eigenvalue weighted by atomic mass is 15.0. The van der Waals surface area contributed by atoms with Crippen molar-refractivity contribution in [1.82, 2.24) is 5.32 Å². The van der Waals surface area contributed by atoms with Crippen LogP contribution in [0, 0.1) is 0 Å². The van der Waals surface area contributed by atoms with E-state index in [0.717, 1.165) is 11.5 Å². The van der Waals surface area contributed by atoms with Crippen molar-refractivity contribution in [2.24, 2.45) is 4.99 Å². The molecule has 9 heavy (non-hydrogen) atoms. The highest BCUT2D eigenvalue weighted by Crippen LogP contribution is 1.80. The van der Waals surface area contributed by atoms with E-state index < -0.39 is 0 Å². The molecular weight excluding hydrogens is 112 g/mol. The Bertz CT molecular complexity index is 145. The number of rotatable bonds is 2. The van der Waals surface area contributed by atoms with Gasteiger partial charge >= 0.3 is 0 Å². The first-order valence-corrected chi connectivity index (χ1v) is 2.74. The molecule has 50 valence electrons. The lowest BCUT2D eigenvalue weighted by atomic mass is 10.5. The number of amidine groups is 1. The molecule has 0 unspecified atom stereocenters. The Morgan fingerprint density at radius 3 is 2.44 bits per heavy atom. The first kappa shape index (κ1) is 7.95. The van der Waals surface area contributed by atoms with Gasteiger partial charge in [0.15, 0.2) is 0 Å². The standard InChI is InChI=1S/C7H12N2/c1-5-8-7(4)9-6(2)3/h5H,1-2H2,3-4H3,(H,8,9). The monoisotopic (exact) mass is 124 g/mol. The van der Waals surface area contributed by atoms with Crippen LogP contribution < -0.4 is 5.32 Å². The zero-order valence-electron chi connectivity index (χ0n) is 5.94. The highest BCUT2D eigenvalue weighted by molar-refractivity contribution is 5.81. The van der Waals surface area contributed by atoms with Gasteiger partial charge in [0, 0.05) is 11.9 Å². The lowest BCUT2D eigenvalue weighted by Gasteiger charge is -2.00. The van der Waals surface area contributed by atoms with E-state index in [1.165, 1.54) is 6.20 Å². The van der Waals surface area contributed by atoms with Crippen molar-refractivity contribution in [3.63, 3.8) is 0 Å². The number of allylic oxidation sites excluding steroid dienone is 1. The van der Waals surface area contributed by atoms with E-state index in [1.807, 2.05) is 13.8 Å². The van der Waals surface area contributed by atoms with Crippen LogP contribution >= 0.6 is 0 Å². The van der Waals surface area contributed by atoms with Crippen molar-refractivity contribution in [3.05, 3.63) is 25.1 Å². The molecule has 0 amide bonds. The summed E-state index contributed by atoms with van der Waals surface area (Å²) in [5, 5.41) is 2.93. The Morgan fingerprint density at radius 1 is 1.56 bits per heavy atom. The molecule has 0 saturated carbocycles. The maximum Gasteiger partial charge on any atom is 0.102 e. The third-order valence-electron chi connectivity index (χ3n) is 0.679. The van der Waals surface area contributed by atoms with Crippen molar-refractivity contribution in [2.45, 2.75) is 13.8 Å². The van der Waals surface area contributed by atoms with Crippen molar-refractivity contribution < 1.29 is 0 Å². The summed E-state index contributed by atoms with van der Waals surface area (Å²) in [6, 6.07) is 0. The van der Waals surface area contributed by atoms with Crippen molar-refractivity contribution in [2.75, 3.05) is 0 Å². The third kappa shape index (κ3) is 4.81. The predicted octanol–water partition coefficient (Wildman–Crippen LogP) is 1.67. The fourth-order valence-corrected chi connectivity index (χ4v) is 0.478. The summed E-state index contributed by atoms with van der Waals surface area (Å²) in [5.74, 6) is 0.817. The van der Waals surface area contributed by atoms with Gasteiger partial charge in [0.1, 0.15) is 5.84 Å². The molecule has 0 aliphatic heterocycles. The Hall–Kier alpha value is -1.05. The first-order chi connectivity index (χ1) is 4.16. The molecule has 0 aromatic heterocycles. The second-order valence-electron chi connectivity index (χ2n) is 1.80. The Kier molecular flexibility index (Phi) is 3.44. The van der Waals surface area contributed by atoms with Crippen LogP contribution in [0.4, 0.5) is 0 Å². The van der Waals surface area contributed by atoms with Gasteiger partial charge in [0.25, 0.3) is 0 Å². The second-order valence-corrected chi connectivity index (χ2v) is 1.80. The lowest BCUT2D eigenvalue weighted by molar-refractivity contribution is 1.11. The van der Waals surface area contributed by atoms with Gasteiger partial charge in [0.2, 0.25) is 0 Å². The Balaban J connectivity index is 3.75. The average molecular weight is 124 g/mol. The lowest BCUT2D eigenvalue weighted by Crippen LogP contribution is -2.16. The molecule has 0 spiro atoms. The third-order valence-corrected chi connectivity index (χ3v) is 0.679. The largest absolute Gasteiger partial charge is 0.348 e. The van der Waals surface area contributed by atoms with E-state index in [9.17, 15) is 0 Å². The van der Waals surface area contributed by atoms with Crippen LogP contribution in [-0.4, -0.2) is 5.84 Å². The van der Waals surface area contributed by atoms with E-state index >= 15 is 0 Å². The van der Waals surface area contributed by atoms with Crippen molar-refractivity contribution in [1.29, 1.82) is 0 Å². The van der Waals surface area contributed by atoms with Crippen LogP contribution in [0.15, 0.2) is 30.0 Å². The van der Waals surface area contributed by atoms with Crippen LogP contribution in [0.5, 0.6) is 0 Å². The molecule has 0 heterocycles. The molecule has 0 aromatic rings. The zero-order valence-corrected chi connectivity index (χ0v) is 5.94. The summed E-state index contributed by atoms with van der Waals surface area (Å²) in [5.41, 5.74) is 0.887. The maximum atomic E-state index is 3.87. The van der Waals surface area contributed by atoms with E-state index in [4.69, 9.17) is 0 Å². The highest BCUT2D eigenvalue weighted by Gasteiger charge is 1.83. The molecule has 0 aliphatic carbocycles. The van der Waals surface area contributed by atoms with E-state index in [2.05, 4.69) is 23.5 Å². The van der Waals surface area contributed by atoms with Gasteiger partial charge in [-0.15, -0.1) is 0 Å². The SMILES string of the molecule is C=CN=C(C)NC(=C)C. The summed E-state index contributed by atoms with van der Waals surface area (Å²) in [6.07, 6.45) is 1.49. The van der Waals surface area contributed by atoms with Gasteiger partial charge in [-0.25, -0.2) is 4.99 Å². The van der Waals surface area contributed by atoms with Crippen molar-refractivity contribution in [3.8, 4) is 0 Å².